The number of carbonyl (C=O) groups is 2. The molecule has 0 saturated carbocycles. The number of aryl methyl sites for hydroxylation is 1. The second-order valence-corrected chi connectivity index (χ2v) is 7.77. The third-order valence-electron chi connectivity index (χ3n) is 6.17. The van der Waals surface area contributed by atoms with E-state index < -0.39 is 11.4 Å². The zero-order valence-electron chi connectivity index (χ0n) is 16.1. The van der Waals surface area contributed by atoms with Crippen LogP contribution in [0.2, 0.25) is 0 Å². The zero-order chi connectivity index (χ0) is 19.7. The fraction of sp³-hybridized carbons (Fsp3) is 0.391. The van der Waals surface area contributed by atoms with Gasteiger partial charge in [-0.2, -0.15) is 0 Å². The molecule has 2 aliphatic rings. The number of carbonyl (C=O) groups excluding carboxylic acids is 1. The Bertz CT molecular complexity index is 915. The van der Waals surface area contributed by atoms with Crippen LogP contribution < -0.4 is 0 Å². The van der Waals surface area contributed by atoms with Gasteiger partial charge in [-0.1, -0.05) is 30.3 Å². The van der Waals surface area contributed by atoms with Crippen molar-refractivity contribution in [1.82, 2.24) is 4.90 Å². The summed E-state index contributed by atoms with van der Waals surface area (Å²) < 4.78 is 5.59. The molecule has 0 radical (unpaired) electrons. The van der Waals surface area contributed by atoms with Crippen molar-refractivity contribution in [3.05, 3.63) is 70.3 Å². The highest BCUT2D eigenvalue weighted by Gasteiger charge is 2.45. The number of carboxylic acid groups (broad SMARTS) is 1. The van der Waals surface area contributed by atoms with E-state index in [1.165, 1.54) is 0 Å². The molecule has 0 aliphatic carbocycles. The molecule has 0 bridgehead atoms. The molecular weight excluding hydrogens is 354 g/mol. The Balaban J connectivity index is 1.68. The van der Waals surface area contributed by atoms with Gasteiger partial charge in [0.15, 0.2) is 0 Å². The number of carboxylic acids is 1. The van der Waals surface area contributed by atoms with E-state index in [-0.39, 0.29) is 11.5 Å². The van der Waals surface area contributed by atoms with Crippen LogP contribution in [0.5, 0.6) is 0 Å². The molecular formula is C23H25NO4. The Morgan fingerprint density at radius 1 is 1.07 bits per heavy atom. The third-order valence-corrected chi connectivity index (χ3v) is 6.17. The van der Waals surface area contributed by atoms with E-state index in [1.54, 1.807) is 12.1 Å². The van der Waals surface area contributed by atoms with Crippen molar-refractivity contribution in [1.29, 1.82) is 0 Å². The summed E-state index contributed by atoms with van der Waals surface area (Å²) in [6, 6.07) is 13.4. The van der Waals surface area contributed by atoms with Crippen LogP contribution in [0.4, 0.5) is 0 Å². The van der Waals surface area contributed by atoms with Gasteiger partial charge in [-0.15, -0.1) is 0 Å². The van der Waals surface area contributed by atoms with Crippen LogP contribution in [0.3, 0.4) is 0 Å². The van der Waals surface area contributed by atoms with Crippen LogP contribution in [0, 0.1) is 6.92 Å². The van der Waals surface area contributed by atoms with Gasteiger partial charge >= 0.3 is 5.97 Å². The lowest BCUT2D eigenvalue weighted by molar-refractivity contribution is -0.142. The number of ether oxygens (including phenoxy) is 1. The van der Waals surface area contributed by atoms with E-state index >= 15 is 0 Å². The number of fused-ring (bicyclic) bond motifs is 1. The lowest BCUT2D eigenvalue weighted by Gasteiger charge is -2.42. The fourth-order valence-corrected chi connectivity index (χ4v) is 4.59. The standard InChI is InChI=1S/C23H25NO4/c1-16-4-2-3-5-20(16)23(9-12-28-13-10-23)22(27)24-11-8-17-6-7-18(21(25)26)14-19(17)15-24/h2-7,14H,8-13,15H2,1H3,(H,25,26). The number of amides is 1. The molecule has 2 aromatic carbocycles. The molecule has 2 aromatic rings. The van der Waals surface area contributed by atoms with Crippen LogP contribution in [0.15, 0.2) is 42.5 Å². The lowest BCUT2D eigenvalue weighted by Crippen LogP contribution is -2.51. The predicted molar refractivity (Wildman–Crippen MR) is 105 cm³/mol. The largest absolute Gasteiger partial charge is 0.478 e. The quantitative estimate of drug-likeness (QED) is 0.888. The monoisotopic (exact) mass is 379 g/mol. The lowest BCUT2D eigenvalue weighted by atomic mass is 9.71. The molecule has 1 amide bonds. The van der Waals surface area contributed by atoms with Crippen LogP contribution in [-0.4, -0.2) is 41.6 Å². The number of aromatic carboxylic acids is 1. The summed E-state index contributed by atoms with van der Waals surface area (Å²) in [6.07, 6.45) is 2.10. The second-order valence-electron chi connectivity index (χ2n) is 7.77. The summed E-state index contributed by atoms with van der Waals surface area (Å²) in [5.74, 6) is -0.802. The number of hydrogen-bond acceptors (Lipinski definition) is 3. The minimum atomic E-state index is -0.938. The van der Waals surface area contributed by atoms with E-state index in [0.29, 0.717) is 39.1 Å². The topological polar surface area (TPSA) is 66.8 Å². The Morgan fingerprint density at radius 2 is 1.82 bits per heavy atom. The van der Waals surface area contributed by atoms with Crippen LogP contribution >= 0.6 is 0 Å². The molecule has 0 aromatic heterocycles. The van der Waals surface area contributed by atoms with Gasteiger partial charge in [0.1, 0.15) is 0 Å². The second kappa shape index (κ2) is 7.40. The summed E-state index contributed by atoms with van der Waals surface area (Å²) >= 11 is 0. The van der Waals surface area contributed by atoms with Crippen molar-refractivity contribution in [2.45, 2.75) is 38.1 Å². The smallest absolute Gasteiger partial charge is 0.335 e. The van der Waals surface area contributed by atoms with Gasteiger partial charge in [0, 0.05) is 26.3 Å². The highest BCUT2D eigenvalue weighted by Crippen LogP contribution is 2.39. The van der Waals surface area contributed by atoms with Crippen LogP contribution in [0.25, 0.3) is 0 Å². The van der Waals surface area contributed by atoms with Crippen molar-refractivity contribution in [2.24, 2.45) is 0 Å². The van der Waals surface area contributed by atoms with E-state index in [9.17, 15) is 14.7 Å². The first-order valence-corrected chi connectivity index (χ1v) is 9.79. The summed E-state index contributed by atoms with van der Waals surface area (Å²) in [5.41, 5.74) is 3.99. The molecule has 1 N–H and O–H groups in total. The molecule has 0 spiro atoms. The van der Waals surface area contributed by atoms with Crippen molar-refractivity contribution in [2.75, 3.05) is 19.8 Å². The molecule has 4 rings (SSSR count). The van der Waals surface area contributed by atoms with Gasteiger partial charge in [-0.25, -0.2) is 4.79 Å². The highest BCUT2D eigenvalue weighted by atomic mass is 16.5. The minimum Gasteiger partial charge on any atom is -0.478 e. The molecule has 5 heteroatoms. The number of hydrogen-bond donors (Lipinski definition) is 1. The average molecular weight is 379 g/mol. The van der Waals surface area contributed by atoms with E-state index in [4.69, 9.17) is 4.74 Å². The summed E-state index contributed by atoms with van der Waals surface area (Å²) in [7, 11) is 0. The number of benzene rings is 2. The maximum Gasteiger partial charge on any atom is 0.335 e. The Hall–Kier alpha value is -2.66. The molecule has 1 fully saturated rings. The SMILES string of the molecule is Cc1ccccc1C1(C(=O)N2CCc3ccc(C(=O)O)cc3C2)CCOCC1. The third kappa shape index (κ3) is 3.20. The molecule has 1 saturated heterocycles. The van der Waals surface area contributed by atoms with Crippen molar-refractivity contribution < 1.29 is 19.4 Å². The summed E-state index contributed by atoms with van der Waals surface area (Å²) in [6.45, 7) is 4.34. The van der Waals surface area contributed by atoms with Crippen LogP contribution in [-0.2, 0) is 27.9 Å². The maximum absolute atomic E-state index is 13.8. The molecule has 0 unspecified atom stereocenters. The molecule has 5 nitrogen and oxygen atoms in total. The van der Waals surface area contributed by atoms with E-state index in [0.717, 1.165) is 28.7 Å². The van der Waals surface area contributed by atoms with Crippen molar-refractivity contribution >= 4 is 11.9 Å². The first-order chi connectivity index (χ1) is 13.5. The predicted octanol–water partition coefficient (Wildman–Crippen LogP) is 3.33. The van der Waals surface area contributed by atoms with Crippen LogP contribution in [0.1, 0.15) is 45.5 Å². The minimum absolute atomic E-state index is 0.136. The Kier molecular flexibility index (Phi) is 4.94. The zero-order valence-corrected chi connectivity index (χ0v) is 16.1. The van der Waals surface area contributed by atoms with Gasteiger partial charge in [0.2, 0.25) is 5.91 Å². The van der Waals surface area contributed by atoms with Gasteiger partial charge in [-0.3, -0.25) is 4.79 Å². The molecule has 28 heavy (non-hydrogen) atoms. The van der Waals surface area contributed by atoms with Crippen molar-refractivity contribution in [3.8, 4) is 0 Å². The normalized spacial score (nSPS) is 18.4. The molecule has 2 aliphatic heterocycles. The maximum atomic E-state index is 13.8. The van der Waals surface area contributed by atoms with E-state index in [2.05, 4.69) is 19.1 Å². The van der Waals surface area contributed by atoms with Gasteiger partial charge in [-0.05, 0) is 60.6 Å². The first-order valence-electron chi connectivity index (χ1n) is 9.79. The summed E-state index contributed by atoms with van der Waals surface area (Å²) in [5, 5.41) is 9.29. The average Bonchev–Trinajstić information content (AvgIpc) is 2.73. The van der Waals surface area contributed by atoms with E-state index in [1.807, 2.05) is 23.1 Å². The molecule has 146 valence electrons. The number of rotatable bonds is 3. The fourth-order valence-electron chi connectivity index (χ4n) is 4.59. The first kappa shape index (κ1) is 18.7. The van der Waals surface area contributed by atoms with Crippen molar-refractivity contribution in [3.63, 3.8) is 0 Å². The summed E-state index contributed by atoms with van der Waals surface area (Å²) in [4.78, 5) is 27.0. The van der Waals surface area contributed by atoms with Gasteiger partial charge in [0.25, 0.3) is 0 Å². The van der Waals surface area contributed by atoms with Gasteiger partial charge in [0.05, 0.1) is 11.0 Å². The molecule has 2 heterocycles. The van der Waals surface area contributed by atoms with Gasteiger partial charge < -0.3 is 14.7 Å². The molecule has 0 atom stereocenters. The Labute approximate surface area is 164 Å². The Morgan fingerprint density at radius 3 is 2.54 bits per heavy atom. The number of nitrogens with zero attached hydrogens (tertiary/aromatic N) is 1. The highest BCUT2D eigenvalue weighted by molar-refractivity contribution is 5.90.